The number of allylic oxidation sites excluding steroid dienone is 5. The lowest BCUT2D eigenvalue weighted by atomic mass is 10.0. The molecule has 0 aromatic carbocycles. The molecule has 3 unspecified atom stereocenters. The maximum atomic E-state index is 12.9. The van der Waals surface area contributed by atoms with Gasteiger partial charge in [0.25, 0.3) is 0 Å². The van der Waals surface area contributed by atoms with Gasteiger partial charge in [-0.05, 0) is 39.0 Å². The summed E-state index contributed by atoms with van der Waals surface area (Å²) in [5.41, 5.74) is 0. The van der Waals surface area contributed by atoms with Gasteiger partial charge in [0.2, 0.25) is 5.91 Å². The number of rotatable bonds is 48. The van der Waals surface area contributed by atoms with E-state index in [0.717, 1.165) is 44.9 Å². The van der Waals surface area contributed by atoms with Gasteiger partial charge < -0.3 is 19.8 Å². The van der Waals surface area contributed by atoms with Gasteiger partial charge in [-0.15, -0.1) is 0 Å². The van der Waals surface area contributed by atoms with E-state index in [1.807, 2.05) is 34.1 Å². The minimum Gasteiger partial charge on any atom is -0.387 e. The zero-order chi connectivity index (χ0) is 45.7. The molecule has 366 valence electrons. The van der Waals surface area contributed by atoms with Gasteiger partial charge in [0, 0.05) is 6.42 Å². The molecule has 0 saturated heterocycles. The molecule has 1 amide bonds. The van der Waals surface area contributed by atoms with Crippen LogP contribution in [0.4, 0.5) is 0 Å². The van der Waals surface area contributed by atoms with Gasteiger partial charge in [-0.1, -0.05) is 236 Å². The lowest BCUT2D eigenvalue weighted by Gasteiger charge is -2.25. The first-order valence-corrected chi connectivity index (χ1v) is 27.8. The molecule has 0 radical (unpaired) electrons. The number of hydrogen-bond donors (Lipinski definition) is 3. The summed E-state index contributed by atoms with van der Waals surface area (Å²) >= 11 is 0. The van der Waals surface area contributed by atoms with E-state index < -0.39 is 20.0 Å². The monoisotopic (exact) mass is 896 g/mol. The average molecular weight is 896 g/mol. The second-order valence-corrected chi connectivity index (χ2v) is 20.7. The zero-order valence-electron chi connectivity index (χ0n) is 41.6. The highest BCUT2D eigenvalue weighted by Crippen LogP contribution is 2.43. The number of unbranched alkanes of at least 4 members (excludes halogenated alkanes) is 32. The Labute approximate surface area is 385 Å². The molecule has 3 N–H and O–H groups in total. The predicted octanol–water partition coefficient (Wildman–Crippen LogP) is 15.4. The number of likely N-dealkylation sites (N-methyl/N-ethyl adjacent to an activating group) is 1. The molecule has 0 spiro atoms. The molecule has 3 atom stereocenters. The normalized spacial score (nSPS) is 14.4. The number of carbonyl (C=O) groups excluding carboxylic acids is 1. The number of hydrogen-bond acceptors (Lipinski definition) is 5. The molecule has 0 aliphatic carbocycles. The third-order valence-corrected chi connectivity index (χ3v) is 12.9. The first-order chi connectivity index (χ1) is 30.0. The Morgan fingerprint density at radius 1 is 0.565 bits per heavy atom. The molecule has 0 heterocycles. The number of quaternary nitrogens is 1. The second-order valence-electron chi connectivity index (χ2n) is 19.3. The molecular weight excluding hydrogens is 792 g/mol. The van der Waals surface area contributed by atoms with Crippen LogP contribution in [0.1, 0.15) is 245 Å². The van der Waals surface area contributed by atoms with Gasteiger partial charge in [-0.2, -0.15) is 0 Å². The number of aliphatic hydroxyl groups is 1. The van der Waals surface area contributed by atoms with Crippen molar-refractivity contribution in [1.29, 1.82) is 0 Å². The van der Waals surface area contributed by atoms with Crippen LogP contribution in [0, 0.1) is 0 Å². The molecule has 0 aromatic heterocycles. The highest BCUT2D eigenvalue weighted by Gasteiger charge is 2.27. The number of nitrogens with zero attached hydrogens (tertiary/aromatic N) is 1. The predicted molar refractivity (Wildman–Crippen MR) is 268 cm³/mol. The van der Waals surface area contributed by atoms with Crippen molar-refractivity contribution < 1.29 is 32.9 Å². The number of aliphatic hydroxyl groups excluding tert-OH is 1. The Balaban J connectivity index is 3.93. The largest absolute Gasteiger partial charge is 0.472 e. The molecule has 0 saturated carbocycles. The summed E-state index contributed by atoms with van der Waals surface area (Å²) in [6, 6.07) is -0.865. The van der Waals surface area contributed by atoms with Crippen LogP contribution in [0.15, 0.2) is 36.5 Å². The summed E-state index contributed by atoms with van der Waals surface area (Å²) in [6.45, 7) is 4.57. The fourth-order valence-corrected chi connectivity index (χ4v) is 8.52. The van der Waals surface area contributed by atoms with Gasteiger partial charge in [0.1, 0.15) is 13.2 Å². The molecule has 0 aliphatic rings. The minimum atomic E-state index is -4.34. The van der Waals surface area contributed by atoms with Crippen molar-refractivity contribution in [3.63, 3.8) is 0 Å². The molecule has 0 aromatic rings. The Bertz CT molecular complexity index is 1110. The molecule has 0 aliphatic heterocycles. The molecule has 9 heteroatoms. The van der Waals surface area contributed by atoms with Crippen LogP contribution >= 0.6 is 7.82 Å². The Hall–Kier alpha value is -1.28. The van der Waals surface area contributed by atoms with Crippen LogP contribution in [-0.4, -0.2) is 73.4 Å². The van der Waals surface area contributed by atoms with Gasteiger partial charge in [-0.25, -0.2) is 4.57 Å². The second kappa shape index (κ2) is 44.9. The molecule has 8 nitrogen and oxygen atoms in total. The van der Waals surface area contributed by atoms with E-state index in [4.69, 9.17) is 9.05 Å². The Morgan fingerprint density at radius 3 is 1.29 bits per heavy atom. The minimum absolute atomic E-state index is 0.0543. The molecule has 0 fully saturated rings. The fraction of sp³-hybridized carbons (Fsp3) is 0.868. The van der Waals surface area contributed by atoms with Gasteiger partial charge in [0.05, 0.1) is 39.9 Å². The van der Waals surface area contributed by atoms with Crippen molar-refractivity contribution in [2.75, 3.05) is 40.9 Å². The van der Waals surface area contributed by atoms with Crippen molar-refractivity contribution in [3.05, 3.63) is 36.5 Å². The average Bonchev–Trinajstić information content (AvgIpc) is 3.23. The van der Waals surface area contributed by atoms with Crippen LogP contribution in [0.2, 0.25) is 0 Å². The van der Waals surface area contributed by atoms with E-state index in [2.05, 4.69) is 36.5 Å². The lowest BCUT2D eigenvalue weighted by Crippen LogP contribution is -2.45. The summed E-state index contributed by atoms with van der Waals surface area (Å²) in [7, 11) is 1.55. The Kier molecular flexibility index (Phi) is 44.0. The van der Waals surface area contributed by atoms with Crippen LogP contribution in [-0.2, 0) is 18.4 Å². The number of amides is 1. The standard InChI is InChI=1S/C53H103N2O6P/c1-6-8-10-12-14-16-17-18-19-20-21-22-23-24-25-26-27-28-29-30-31-32-33-34-35-36-37-39-41-43-45-47-53(57)54-51(50-61-62(58,59)60-49-48-55(3,4)5)52(56)46-44-42-40-38-15-13-11-9-7-2/h7,9,15,38,44,46,51-52,56H,6,8,10-14,16-37,39-43,45,47-50H2,1-5H3,(H-,54,57,58,59)/p+1/b9-7+,38-15+,46-44+. The van der Waals surface area contributed by atoms with Crippen molar-refractivity contribution >= 4 is 13.7 Å². The summed E-state index contributed by atoms with van der Waals surface area (Å²) < 4.78 is 23.5. The third-order valence-electron chi connectivity index (χ3n) is 11.9. The van der Waals surface area contributed by atoms with E-state index >= 15 is 0 Å². The van der Waals surface area contributed by atoms with Crippen LogP contribution in [0.5, 0.6) is 0 Å². The quantitative estimate of drug-likeness (QED) is 0.0243. The SMILES string of the molecule is C/C=C/CC/C=C/CC/C=C/C(O)C(COP(=O)(O)OCC[N+](C)(C)C)NC(=O)CCCCCCCCCCCCCCCCCCCCCCCCCCCCCCCCC. The van der Waals surface area contributed by atoms with Gasteiger partial charge in [0.15, 0.2) is 0 Å². The van der Waals surface area contributed by atoms with Crippen molar-refractivity contribution in [2.24, 2.45) is 0 Å². The first-order valence-electron chi connectivity index (χ1n) is 26.3. The highest BCUT2D eigenvalue weighted by atomic mass is 31.2. The van der Waals surface area contributed by atoms with Crippen molar-refractivity contribution in [1.82, 2.24) is 5.32 Å². The maximum absolute atomic E-state index is 12.9. The maximum Gasteiger partial charge on any atom is 0.472 e. The lowest BCUT2D eigenvalue weighted by molar-refractivity contribution is -0.870. The van der Waals surface area contributed by atoms with Crippen molar-refractivity contribution in [2.45, 2.75) is 257 Å². The molecular formula is C53H104N2O6P+. The van der Waals surface area contributed by atoms with Gasteiger partial charge >= 0.3 is 7.82 Å². The molecule has 62 heavy (non-hydrogen) atoms. The van der Waals surface area contributed by atoms with E-state index in [1.54, 1.807) is 6.08 Å². The van der Waals surface area contributed by atoms with E-state index in [-0.39, 0.29) is 19.1 Å². The summed E-state index contributed by atoms with van der Waals surface area (Å²) in [4.78, 5) is 23.1. The van der Waals surface area contributed by atoms with Crippen LogP contribution < -0.4 is 5.32 Å². The van der Waals surface area contributed by atoms with E-state index in [9.17, 15) is 19.4 Å². The number of phosphoric acid groups is 1. The number of nitrogens with one attached hydrogen (secondary N) is 1. The summed E-state index contributed by atoms with van der Waals surface area (Å²) in [6.07, 6.45) is 57.2. The van der Waals surface area contributed by atoms with Crippen molar-refractivity contribution in [3.8, 4) is 0 Å². The Morgan fingerprint density at radius 2 is 0.919 bits per heavy atom. The number of carbonyl (C=O) groups is 1. The molecule has 0 rings (SSSR count). The smallest absolute Gasteiger partial charge is 0.387 e. The third kappa shape index (κ3) is 46.7. The fourth-order valence-electron chi connectivity index (χ4n) is 7.79. The van der Waals surface area contributed by atoms with Crippen LogP contribution in [0.25, 0.3) is 0 Å². The summed E-state index contributed by atoms with van der Waals surface area (Å²) in [5.74, 6) is -0.191. The van der Waals surface area contributed by atoms with E-state index in [1.165, 1.54) is 180 Å². The summed E-state index contributed by atoms with van der Waals surface area (Å²) in [5, 5.41) is 13.8. The first kappa shape index (κ1) is 60.7. The van der Waals surface area contributed by atoms with Crippen LogP contribution in [0.3, 0.4) is 0 Å². The topological polar surface area (TPSA) is 105 Å². The van der Waals surface area contributed by atoms with Gasteiger partial charge in [-0.3, -0.25) is 13.8 Å². The van der Waals surface area contributed by atoms with E-state index in [0.29, 0.717) is 17.4 Å². The molecule has 0 bridgehead atoms. The zero-order valence-corrected chi connectivity index (χ0v) is 42.5. The highest BCUT2D eigenvalue weighted by molar-refractivity contribution is 7.47. The number of phosphoric ester groups is 1.